The molecule has 0 spiro atoms. The van der Waals surface area contributed by atoms with Crippen LogP contribution in [0.4, 0.5) is 0 Å². The van der Waals surface area contributed by atoms with Crippen LogP contribution in [0.1, 0.15) is 39.5 Å². The lowest BCUT2D eigenvalue weighted by Crippen LogP contribution is -2.62. The van der Waals surface area contributed by atoms with Gasteiger partial charge in [-0.15, -0.1) is 0 Å². The molecular formula is C11H22N2. The van der Waals surface area contributed by atoms with Gasteiger partial charge in [-0.3, -0.25) is 4.90 Å². The van der Waals surface area contributed by atoms with Gasteiger partial charge in [0.1, 0.15) is 0 Å². The minimum absolute atomic E-state index is 0.486. The van der Waals surface area contributed by atoms with E-state index in [1.165, 1.54) is 45.3 Å². The standard InChI is InChI=1S/C11H22N2/c1-3-11(4-2)9-12-8-10-6-5-7-13(10)11/h10,12H,3-9H2,1-2H3/t10-/m0/s1. The summed E-state index contributed by atoms with van der Waals surface area (Å²) in [6.07, 6.45) is 5.42. The van der Waals surface area contributed by atoms with Gasteiger partial charge in [-0.2, -0.15) is 0 Å². The summed E-state index contributed by atoms with van der Waals surface area (Å²) in [6, 6.07) is 0.841. The molecule has 2 aliphatic heterocycles. The zero-order valence-corrected chi connectivity index (χ0v) is 8.97. The predicted molar refractivity (Wildman–Crippen MR) is 55.9 cm³/mol. The minimum atomic E-state index is 0.486. The second kappa shape index (κ2) is 3.58. The van der Waals surface area contributed by atoms with Crippen LogP contribution in [-0.4, -0.2) is 36.1 Å². The fraction of sp³-hybridized carbons (Fsp3) is 1.00. The molecule has 0 amide bonds. The van der Waals surface area contributed by atoms with Gasteiger partial charge in [-0.25, -0.2) is 0 Å². The van der Waals surface area contributed by atoms with Gasteiger partial charge in [0.15, 0.2) is 0 Å². The van der Waals surface area contributed by atoms with Crippen LogP contribution >= 0.6 is 0 Å². The summed E-state index contributed by atoms with van der Waals surface area (Å²) in [7, 11) is 0. The van der Waals surface area contributed by atoms with Crippen LogP contribution in [0.2, 0.25) is 0 Å². The van der Waals surface area contributed by atoms with E-state index in [1.807, 2.05) is 0 Å². The third-order valence-electron chi connectivity index (χ3n) is 4.14. The first-order valence-corrected chi connectivity index (χ1v) is 5.80. The summed E-state index contributed by atoms with van der Waals surface area (Å²) in [5, 5.41) is 3.61. The van der Waals surface area contributed by atoms with Crippen LogP contribution < -0.4 is 5.32 Å². The zero-order valence-electron chi connectivity index (χ0n) is 8.97. The van der Waals surface area contributed by atoms with Gasteiger partial charge in [0.2, 0.25) is 0 Å². The van der Waals surface area contributed by atoms with Gasteiger partial charge in [-0.1, -0.05) is 13.8 Å². The van der Waals surface area contributed by atoms with Crippen LogP contribution in [0.15, 0.2) is 0 Å². The fourth-order valence-corrected chi connectivity index (χ4v) is 3.15. The molecule has 2 saturated heterocycles. The highest BCUT2D eigenvalue weighted by Gasteiger charge is 2.42. The fourth-order valence-electron chi connectivity index (χ4n) is 3.15. The molecule has 0 aromatic carbocycles. The Morgan fingerprint density at radius 1 is 1.38 bits per heavy atom. The Kier molecular flexibility index (Phi) is 2.61. The molecule has 2 aliphatic rings. The van der Waals surface area contributed by atoms with Crippen molar-refractivity contribution in [2.75, 3.05) is 19.6 Å². The molecule has 76 valence electrons. The first kappa shape index (κ1) is 9.47. The molecule has 13 heavy (non-hydrogen) atoms. The molecule has 1 N–H and O–H groups in total. The molecule has 1 atom stereocenters. The van der Waals surface area contributed by atoms with E-state index in [0.29, 0.717) is 5.54 Å². The normalized spacial score (nSPS) is 33.2. The molecule has 0 radical (unpaired) electrons. The maximum absolute atomic E-state index is 3.61. The van der Waals surface area contributed by atoms with Crippen molar-refractivity contribution < 1.29 is 0 Å². The van der Waals surface area contributed by atoms with E-state index in [2.05, 4.69) is 24.1 Å². The predicted octanol–water partition coefficient (Wildman–Crippen LogP) is 1.61. The summed E-state index contributed by atoms with van der Waals surface area (Å²) < 4.78 is 0. The number of rotatable bonds is 2. The first-order chi connectivity index (χ1) is 6.32. The highest BCUT2D eigenvalue weighted by atomic mass is 15.3. The van der Waals surface area contributed by atoms with Gasteiger partial charge < -0.3 is 5.32 Å². The van der Waals surface area contributed by atoms with Crippen molar-refractivity contribution in [3.05, 3.63) is 0 Å². The van der Waals surface area contributed by atoms with E-state index in [-0.39, 0.29) is 0 Å². The lowest BCUT2D eigenvalue weighted by Gasteiger charge is -2.48. The Morgan fingerprint density at radius 2 is 2.15 bits per heavy atom. The van der Waals surface area contributed by atoms with Gasteiger partial charge >= 0.3 is 0 Å². The number of fused-ring (bicyclic) bond motifs is 1. The summed E-state index contributed by atoms with van der Waals surface area (Å²) in [4.78, 5) is 2.78. The van der Waals surface area contributed by atoms with E-state index < -0.39 is 0 Å². The van der Waals surface area contributed by atoms with Crippen LogP contribution in [0.5, 0.6) is 0 Å². The summed E-state index contributed by atoms with van der Waals surface area (Å²) in [5.41, 5.74) is 0.486. The topological polar surface area (TPSA) is 15.3 Å². The van der Waals surface area contributed by atoms with E-state index in [9.17, 15) is 0 Å². The SMILES string of the molecule is CCC1(CC)CNC[C@@H]2CCCN21. The summed E-state index contributed by atoms with van der Waals surface area (Å²) in [5.74, 6) is 0. The van der Waals surface area contributed by atoms with Gasteiger partial charge in [0, 0.05) is 24.7 Å². The molecular weight excluding hydrogens is 160 g/mol. The molecule has 0 aromatic rings. The Hall–Kier alpha value is -0.0800. The van der Waals surface area contributed by atoms with E-state index >= 15 is 0 Å². The van der Waals surface area contributed by atoms with Crippen molar-refractivity contribution in [1.29, 1.82) is 0 Å². The molecule has 2 rings (SSSR count). The van der Waals surface area contributed by atoms with Crippen molar-refractivity contribution in [3.63, 3.8) is 0 Å². The molecule has 0 unspecified atom stereocenters. The zero-order chi connectivity index (χ0) is 9.31. The molecule has 0 aromatic heterocycles. The maximum Gasteiger partial charge on any atom is 0.0332 e. The van der Waals surface area contributed by atoms with Crippen molar-refractivity contribution in [2.24, 2.45) is 0 Å². The largest absolute Gasteiger partial charge is 0.313 e. The third-order valence-corrected chi connectivity index (χ3v) is 4.14. The Bertz CT molecular complexity index is 175. The quantitative estimate of drug-likeness (QED) is 0.698. The summed E-state index contributed by atoms with van der Waals surface area (Å²) in [6.45, 7) is 8.45. The number of nitrogens with zero attached hydrogens (tertiary/aromatic N) is 1. The van der Waals surface area contributed by atoms with Crippen molar-refractivity contribution in [1.82, 2.24) is 10.2 Å². The molecule has 0 aliphatic carbocycles. The lowest BCUT2D eigenvalue weighted by molar-refractivity contribution is 0.0352. The first-order valence-electron chi connectivity index (χ1n) is 5.80. The number of hydrogen-bond acceptors (Lipinski definition) is 2. The van der Waals surface area contributed by atoms with Gasteiger partial charge in [0.25, 0.3) is 0 Å². The summed E-state index contributed by atoms with van der Waals surface area (Å²) >= 11 is 0. The van der Waals surface area contributed by atoms with E-state index in [0.717, 1.165) is 6.04 Å². The molecule has 0 bridgehead atoms. The Morgan fingerprint density at radius 3 is 2.85 bits per heavy atom. The van der Waals surface area contributed by atoms with Crippen LogP contribution in [0.25, 0.3) is 0 Å². The molecule has 2 fully saturated rings. The highest BCUT2D eigenvalue weighted by molar-refractivity contribution is 5.00. The van der Waals surface area contributed by atoms with Gasteiger partial charge in [-0.05, 0) is 32.2 Å². The second-order valence-electron chi connectivity index (χ2n) is 4.55. The van der Waals surface area contributed by atoms with Crippen molar-refractivity contribution in [3.8, 4) is 0 Å². The number of hydrogen-bond donors (Lipinski definition) is 1. The molecule has 2 heteroatoms. The van der Waals surface area contributed by atoms with Crippen LogP contribution in [-0.2, 0) is 0 Å². The highest BCUT2D eigenvalue weighted by Crippen LogP contribution is 2.33. The third kappa shape index (κ3) is 1.40. The van der Waals surface area contributed by atoms with E-state index in [4.69, 9.17) is 0 Å². The van der Waals surface area contributed by atoms with E-state index in [1.54, 1.807) is 0 Å². The Balaban J connectivity index is 2.16. The van der Waals surface area contributed by atoms with Crippen LogP contribution in [0, 0.1) is 0 Å². The second-order valence-corrected chi connectivity index (χ2v) is 4.55. The monoisotopic (exact) mass is 182 g/mol. The molecule has 2 nitrogen and oxygen atoms in total. The van der Waals surface area contributed by atoms with Crippen molar-refractivity contribution in [2.45, 2.75) is 51.1 Å². The average molecular weight is 182 g/mol. The number of nitrogens with one attached hydrogen (secondary N) is 1. The number of piperazine rings is 1. The van der Waals surface area contributed by atoms with Crippen LogP contribution in [0.3, 0.4) is 0 Å². The average Bonchev–Trinajstić information content (AvgIpc) is 2.65. The molecule has 2 heterocycles. The Labute approximate surface area is 81.7 Å². The van der Waals surface area contributed by atoms with Crippen molar-refractivity contribution >= 4 is 0 Å². The molecule has 0 saturated carbocycles. The van der Waals surface area contributed by atoms with Gasteiger partial charge in [0.05, 0.1) is 0 Å². The maximum atomic E-state index is 3.61. The smallest absolute Gasteiger partial charge is 0.0332 e. The minimum Gasteiger partial charge on any atom is -0.313 e. The lowest BCUT2D eigenvalue weighted by atomic mass is 9.87.